The van der Waals surface area contributed by atoms with Crippen molar-refractivity contribution in [3.63, 3.8) is 0 Å². The van der Waals surface area contributed by atoms with E-state index in [0.29, 0.717) is 6.54 Å². The molecule has 1 aromatic heterocycles. The maximum atomic E-state index is 11.9. The highest BCUT2D eigenvalue weighted by molar-refractivity contribution is 7.22. The number of rotatable bonds is 5. The van der Waals surface area contributed by atoms with Gasteiger partial charge in [0.25, 0.3) is 0 Å². The fourth-order valence-electron chi connectivity index (χ4n) is 2.41. The van der Waals surface area contributed by atoms with Gasteiger partial charge in [0.15, 0.2) is 5.13 Å². The fraction of sp³-hybridized carbons (Fsp3) is 0.500. The predicted octanol–water partition coefficient (Wildman–Crippen LogP) is 3.22. The highest BCUT2D eigenvalue weighted by atomic mass is 32.1. The molecule has 0 atom stereocenters. The molecule has 0 aliphatic carbocycles. The molecule has 0 fully saturated rings. The standard InChI is InChI=1S/C16H23N3OS/c1-11-9-12(2)15-14(10-11)21-16(17-15)19(13(3)20)8-6-7-18(4)5/h9-10H,6-8H2,1-5H3. The van der Waals surface area contributed by atoms with Gasteiger partial charge in [-0.1, -0.05) is 17.4 Å². The molecule has 1 amide bonds. The summed E-state index contributed by atoms with van der Waals surface area (Å²) in [5.41, 5.74) is 3.42. The Morgan fingerprint density at radius 3 is 2.57 bits per heavy atom. The van der Waals surface area contributed by atoms with Crippen LogP contribution in [-0.4, -0.2) is 43.0 Å². The number of thiazole rings is 1. The predicted molar refractivity (Wildman–Crippen MR) is 90.3 cm³/mol. The van der Waals surface area contributed by atoms with E-state index in [-0.39, 0.29) is 5.91 Å². The highest BCUT2D eigenvalue weighted by Gasteiger charge is 2.17. The minimum atomic E-state index is 0.0576. The van der Waals surface area contributed by atoms with Crippen molar-refractivity contribution < 1.29 is 4.79 Å². The van der Waals surface area contributed by atoms with Crippen LogP contribution < -0.4 is 4.90 Å². The third-order valence-corrected chi connectivity index (χ3v) is 4.44. The van der Waals surface area contributed by atoms with Crippen molar-refractivity contribution in [1.29, 1.82) is 0 Å². The summed E-state index contributed by atoms with van der Waals surface area (Å²) in [6.07, 6.45) is 0.945. The van der Waals surface area contributed by atoms with Crippen molar-refractivity contribution in [2.75, 3.05) is 32.1 Å². The Balaban J connectivity index is 2.28. The Morgan fingerprint density at radius 1 is 1.24 bits per heavy atom. The number of hydrogen-bond acceptors (Lipinski definition) is 4. The molecule has 4 nitrogen and oxygen atoms in total. The number of amides is 1. The van der Waals surface area contributed by atoms with E-state index in [4.69, 9.17) is 0 Å². The van der Waals surface area contributed by atoms with Gasteiger partial charge in [-0.3, -0.25) is 9.69 Å². The minimum absolute atomic E-state index is 0.0576. The summed E-state index contributed by atoms with van der Waals surface area (Å²) in [6, 6.07) is 4.28. The first-order chi connectivity index (χ1) is 9.88. The van der Waals surface area contributed by atoms with Crippen LogP contribution in [-0.2, 0) is 4.79 Å². The van der Waals surface area contributed by atoms with Gasteiger partial charge in [-0.25, -0.2) is 4.98 Å². The molecule has 5 heteroatoms. The lowest BCUT2D eigenvalue weighted by Gasteiger charge is -2.19. The molecule has 0 N–H and O–H groups in total. The van der Waals surface area contributed by atoms with E-state index in [1.165, 1.54) is 11.1 Å². The van der Waals surface area contributed by atoms with Crippen LogP contribution in [0.25, 0.3) is 10.2 Å². The average Bonchev–Trinajstić information content (AvgIpc) is 2.77. The molecular weight excluding hydrogens is 282 g/mol. The number of hydrogen-bond donors (Lipinski definition) is 0. The lowest BCUT2D eigenvalue weighted by atomic mass is 10.1. The van der Waals surface area contributed by atoms with E-state index in [1.54, 1.807) is 23.2 Å². The molecule has 114 valence electrons. The minimum Gasteiger partial charge on any atom is -0.309 e. The molecule has 2 aromatic rings. The molecular formula is C16H23N3OS. The molecule has 0 saturated carbocycles. The van der Waals surface area contributed by atoms with E-state index in [0.717, 1.165) is 28.3 Å². The molecule has 0 radical (unpaired) electrons. The van der Waals surface area contributed by atoms with Gasteiger partial charge in [0.1, 0.15) is 0 Å². The molecule has 0 bridgehead atoms. The largest absolute Gasteiger partial charge is 0.309 e. The van der Waals surface area contributed by atoms with Gasteiger partial charge in [0.05, 0.1) is 10.2 Å². The van der Waals surface area contributed by atoms with Gasteiger partial charge >= 0.3 is 0 Å². The Morgan fingerprint density at radius 2 is 1.95 bits per heavy atom. The lowest BCUT2D eigenvalue weighted by molar-refractivity contribution is -0.116. The van der Waals surface area contributed by atoms with Crippen LogP contribution in [0.15, 0.2) is 12.1 Å². The number of aromatic nitrogens is 1. The van der Waals surface area contributed by atoms with Gasteiger partial charge in [0.2, 0.25) is 5.91 Å². The van der Waals surface area contributed by atoms with Gasteiger partial charge in [-0.05, 0) is 58.1 Å². The van der Waals surface area contributed by atoms with E-state index >= 15 is 0 Å². The number of carbonyl (C=O) groups excluding carboxylic acids is 1. The SMILES string of the molecule is CC(=O)N(CCCN(C)C)c1nc2c(C)cc(C)cc2s1. The zero-order valence-corrected chi connectivity index (χ0v) is 14.3. The van der Waals surface area contributed by atoms with E-state index in [9.17, 15) is 4.79 Å². The number of benzene rings is 1. The second-order valence-electron chi connectivity index (χ2n) is 5.75. The molecule has 1 aromatic carbocycles. The number of nitrogens with zero attached hydrogens (tertiary/aromatic N) is 3. The van der Waals surface area contributed by atoms with Crippen LogP contribution in [0.4, 0.5) is 5.13 Å². The summed E-state index contributed by atoms with van der Waals surface area (Å²) < 4.78 is 1.15. The van der Waals surface area contributed by atoms with Crippen molar-refractivity contribution in [3.8, 4) is 0 Å². The summed E-state index contributed by atoms with van der Waals surface area (Å²) in [5, 5.41) is 0.810. The summed E-state index contributed by atoms with van der Waals surface area (Å²) in [4.78, 5) is 20.5. The molecule has 1 heterocycles. The van der Waals surface area contributed by atoms with Crippen molar-refractivity contribution in [2.24, 2.45) is 0 Å². The van der Waals surface area contributed by atoms with Crippen molar-refractivity contribution >= 4 is 32.6 Å². The first kappa shape index (κ1) is 15.9. The molecule has 0 spiro atoms. The number of carbonyl (C=O) groups is 1. The zero-order chi connectivity index (χ0) is 15.6. The molecule has 2 rings (SSSR count). The molecule has 0 aliphatic heterocycles. The monoisotopic (exact) mass is 305 g/mol. The van der Waals surface area contributed by atoms with Crippen molar-refractivity contribution in [3.05, 3.63) is 23.3 Å². The lowest BCUT2D eigenvalue weighted by Crippen LogP contribution is -2.31. The summed E-state index contributed by atoms with van der Waals surface area (Å²) in [7, 11) is 4.09. The third-order valence-electron chi connectivity index (χ3n) is 3.42. The Bertz CT molecular complexity index is 648. The first-order valence-corrected chi connectivity index (χ1v) is 8.00. The Hall–Kier alpha value is -1.46. The second-order valence-corrected chi connectivity index (χ2v) is 6.76. The topological polar surface area (TPSA) is 36.4 Å². The average molecular weight is 305 g/mol. The smallest absolute Gasteiger partial charge is 0.225 e. The van der Waals surface area contributed by atoms with E-state index < -0.39 is 0 Å². The first-order valence-electron chi connectivity index (χ1n) is 7.19. The molecule has 0 aliphatic rings. The van der Waals surface area contributed by atoms with Crippen LogP contribution in [0.5, 0.6) is 0 Å². The van der Waals surface area contributed by atoms with Crippen LogP contribution in [0.3, 0.4) is 0 Å². The normalized spacial score (nSPS) is 11.3. The van der Waals surface area contributed by atoms with Gasteiger partial charge in [-0.2, -0.15) is 0 Å². The fourth-order valence-corrected chi connectivity index (χ4v) is 3.62. The number of anilines is 1. The maximum absolute atomic E-state index is 11.9. The molecule has 0 unspecified atom stereocenters. The van der Waals surface area contributed by atoms with Crippen molar-refractivity contribution in [2.45, 2.75) is 27.2 Å². The highest BCUT2D eigenvalue weighted by Crippen LogP contribution is 2.31. The van der Waals surface area contributed by atoms with Crippen LogP contribution in [0, 0.1) is 13.8 Å². The summed E-state index contributed by atoms with van der Waals surface area (Å²) in [6.45, 7) is 7.45. The van der Waals surface area contributed by atoms with Crippen LogP contribution >= 0.6 is 11.3 Å². The van der Waals surface area contributed by atoms with Gasteiger partial charge in [-0.15, -0.1) is 0 Å². The third kappa shape index (κ3) is 3.80. The van der Waals surface area contributed by atoms with E-state index in [2.05, 4.69) is 35.9 Å². The summed E-state index contributed by atoms with van der Waals surface area (Å²) in [5.74, 6) is 0.0576. The number of aryl methyl sites for hydroxylation is 2. The van der Waals surface area contributed by atoms with Crippen molar-refractivity contribution in [1.82, 2.24) is 9.88 Å². The number of fused-ring (bicyclic) bond motifs is 1. The molecule has 21 heavy (non-hydrogen) atoms. The quantitative estimate of drug-likeness (QED) is 0.851. The Labute approximate surface area is 130 Å². The second kappa shape index (κ2) is 6.54. The zero-order valence-electron chi connectivity index (χ0n) is 13.4. The van der Waals surface area contributed by atoms with Crippen LogP contribution in [0.1, 0.15) is 24.5 Å². The van der Waals surface area contributed by atoms with Crippen LogP contribution in [0.2, 0.25) is 0 Å². The summed E-state index contributed by atoms with van der Waals surface area (Å²) >= 11 is 1.60. The van der Waals surface area contributed by atoms with Gasteiger partial charge < -0.3 is 4.90 Å². The molecule has 0 saturated heterocycles. The Kier molecular flexibility index (Phi) is 4.96. The van der Waals surface area contributed by atoms with Gasteiger partial charge in [0, 0.05) is 13.5 Å². The maximum Gasteiger partial charge on any atom is 0.225 e. The van der Waals surface area contributed by atoms with E-state index in [1.807, 2.05) is 14.1 Å².